The van der Waals surface area contributed by atoms with E-state index in [0.717, 1.165) is 45.6 Å². The summed E-state index contributed by atoms with van der Waals surface area (Å²) in [7, 11) is 0. The van der Waals surface area contributed by atoms with E-state index >= 15 is 0 Å². The van der Waals surface area contributed by atoms with Gasteiger partial charge in [-0.25, -0.2) is 0 Å². The highest BCUT2D eigenvalue weighted by Gasteiger charge is 2.15. The second-order valence-electron chi connectivity index (χ2n) is 3.83. The number of hydrogen-bond acceptors (Lipinski definition) is 3. The Labute approximate surface area is 80.5 Å². The van der Waals surface area contributed by atoms with Crippen LogP contribution in [0.2, 0.25) is 0 Å². The molecule has 1 aliphatic heterocycles. The summed E-state index contributed by atoms with van der Waals surface area (Å²) in [5.74, 6) is 0.661. The summed E-state index contributed by atoms with van der Waals surface area (Å²) >= 11 is 0. The first-order valence-electron chi connectivity index (χ1n) is 5.29. The highest BCUT2D eigenvalue weighted by atomic mass is 16.5. The number of nitrogens with one attached hydrogen (secondary N) is 1. The maximum absolute atomic E-state index is 9.43. The van der Waals surface area contributed by atoms with E-state index in [4.69, 9.17) is 4.74 Å². The van der Waals surface area contributed by atoms with Crippen molar-refractivity contribution in [2.45, 2.75) is 32.3 Å². The first-order valence-corrected chi connectivity index (χ1v) is 5.29. The normalized spacial score (nSPS) is 24.9. The van der Waals surface area contributed by atoms with Gasteiger partial charge < -0.3 is 15.2 Å². The van der Waals surface area contributed by atoms with Crippen LogP contribution in [0.1, 0.15) is 26.2 Å². The van der Waals surface area contributed by atoms with Gasteiger partial charge in [-0.15, -0.1) is 0 Å². The average Bonchev–Trinajstić information content (AvgIpc) is 2.57. The third-order valence-corrected chi connectivity index (χ3v) is 2.46. The van der Waals surface area contributed by atoms with Gasteiger partial charge in [0.15, 0.2) is 0 Å². The van der Waals surface area contributed by atoms with E-state index in [9.17, 15) is 5.11 Å². The lowest BCUT2D eigenvalue weighted by molar-refractivity contribution is 0.156. The maximum Gasteiger partial charge on any atom is 0.0664 e. The molecule has 0 aromatic rings. The van der Waals surface area contributed by atoms with Crippen LogP contribution < -0.4 is 5.32 Å². The van der Waals surface area contributed by atoms with E-state index in [-0.39, 0.29) is 6.10 Å². The summed E-state index contributed by atoms with van der Waals surface area (Å²) in [5.41, 5.74) is 0. The quantitative estimate of drug-likeness (QED) is 0.645. The molecule has 0 aromatic carbocycles. The molecule has 1 saturated heterocycles. The van der Waals surface area contributed by atoms with Gasteiger partial charge in [-0.1, -0.05) is 13.3 Å². The van der Waals surface area contributed by atoms with E-state index in [2.05, 4.69) is 12.2 Å². The zero-order valence-electron chi connectivity index (χ0n) is 8.46. The van der Waals surface area contributed by atoms with Crippen LogP contribution in [0.3, 0.4) is 0 Å². The van der Waals surface area contributed by atoms with E-state index < -0.39 is 0 Å². The van der Waals surface area contributed by atoms with Crippen LogP contribution in [0.15, 0.2) is 0 Å². The Morgan fingerprint density at radius 1 is 1.62 bits per heavy atom. The minimum absolute atomic E-state index is 0.174. The molecule has 78 valence electrons. The Morgan fingerprint density at radius 2 is 2.46 bits per heavy atom. The van der Waals surface area contributed by atoms with Crippen molar-refractivity contribution in [3.05, 3.63) is 0 Å². The lowest BCUT2D eigenvalue weighted by Gasteiger charge is -2.12. The van der Waals surface area contributed by atoms with Crippen LogP contribution in [0.5, 0.6) is 0 Å². The Balaban J connectivity index is 1.93. The molecular weight excluding hydrogens is 166 g/mol. The number of ether oxygens (including phenoxy) is 1. The van der Waals surface area contributed by atoms with Crippen molar-refractivity contribution in [2.75, 3.05) is 26.3 Å². The molecule has 2 N–H and O–H groups in total. The van der Waals surface area contributed by atoms with Crippen molar-refractivity contribution < 1.29 is 9.84 Å². The molecule has 3 nitrogen and oxygen atoms in total. The number of hydrogen-bond donors (Lipinski definition) is 2. The molecule has 0 radical (unpaired) electrons. The van der Waals surface area contributed by atoms with Crippen molar-refractivity contribution in [2.24, 2.45) is 5.92 Å². The first kappa shape index (κ1) is 11.0. The third-order valence-electron chi connectivity index (χ3n) is 2.46. The predicted octanol–water partition coefficient (Wildman–Crippen LogP) is 0.774. The van der Waals surface area contributed by atoms with Gasteiger partial charge in [-0.2, -0.15) is 0 Å². The molecule has 0 bridgehead atoms. The molecule has 1 heterocycles. The fraction of sp³-hybridized carbons (Fsp3) is 1.00. The van der Waals surface area contributed by atoms with Gasteiger partial charge in [-0.3, -0.25) is 0 Å². The molecule has 0 aliphatic carbocycles. The molecule has 13 heavy (non-hydrogen) atoms. The van der Waals surface area contributed by atoms with Gasteiger partial charge in [0.05, 0.1) is 12.7 Å². The first-order chi connectivity index (χ1) is 6.33. The maximum atomic E-state index is 9.43. The lowest BCUT2D eigenvalue weighted by Crippen LogP contribution is -2.31. The number of aliphatic hydroxyl groups excluding tert-OH is 1. The minimum atomic E-state index is -0.174. The van der Waals surface area contributed by atoms with Gasteiger partial charge in [0, 0.05) is 19.7 Å². The van der Waals surface area contributed by atoms with E-state index in [1.54, 1.807) is 0 Å². The van der Waals surface area contributed by atoms with Crippen molar-refractivity contribution in [3.63, 3.8) is 0 Å². The molecule has 1 fully saturated rings. The minimum Gasteiger partial charge on any atom is -0.392 e. The van der Waals surface area contributed by atoms with Crippen LogP contribution >= 0.6 is 0 Å². The van der Waals surface area contributed by atoms with Crippen molar-refractivity contribution in [1.82, 2.24) is 5.32 Å². The Kier molecular flexibility index (Phi) is 5.35. The highest BCUT2D eigenvalue weighted by Crippen LogP contribution is 2.10. The smallest absolute Gasteiger partial charge is 0.0664 e. The fourth-order valence-corrected chi connectivity index (χ4v) is 1.63. The van der Waals surface area contributed by atoms with Gasteiger partial charge in [0.25, 0.3) is 0 Å². The van der Waals surface area contributed by atoms with Crippen molar-refractivity contribution in [3.8, 4) is 0 Å². The van der Waals surface area contributed by atoms with E-state index in [0.29, 0.717) is 5.92 Å². The highest BCUT2D eigenvalue weighted by molar-refractivity contribution is 4.68. The van der Waals surface area contributed by atoms with Crippen LogP contribution in [-0.4, -0.2) is 37.5 Å². The predicted molar refractivity (Wildman–Crippen MR) is 52.7 cm³/mol. The molecular formula is C10H21NO2. The summed E-state index contributed by atoms with van der Waals surface area (Å²) in [6.07, 6.45) is 2.94. The Bertz CT molecular complexity index is 124. The van der Waals surface area contributed by atoms with Crippen LogP contribution in [-0.2, 0) is 4.74 Å². The summed E-state index contributed by atoms with van der Waals surface area (Å²) in [5, 5.41) is 12.7. The second-order valence-corrected chi connectivity index (χ2v) is 3.83. The van der Waals surface area contributed by atoms with Gasteiger partial charge in [-0.05, 0) is 18.8 Å². The zero-order valence-corrected chi connectivity index (χ0v) is 8.46. The Hall–Kier alpha value is -0.120. The van der Waals surface area contributed by atoms with E-state index in [1.165, 1.54) is 0 Å². The molecule has 2 unspecified atom stereocenters. The SMILES string of the molecule is CCCC(O)CNCC1CCOC1. The second kappa shape index (κ2) is 6.35. The fourth-order valence-electron chi connectivity index (χ4n) is 1.63. The summed E-state index contributed by atoms with van der Waals surface area (Å²) in [6, 6.07) is 0. The molecule has 3 heteroatoms. The van der Waals surface area contributed by atoms with Gasteiger partial charge >= 0.3 is 0 Å². The summed E-state index contributed by atoms with van der Waals surface area (Å²) in [4.78, 5) is 0. The van der Waals surface area contributed by atoms with Crippen molar-refractivity contribution >= 4 is 0 Å². The molecule has 0 spiro atoms. The summed E-state index contributed by atoms with van der Waals surface area (Å²) in [6.45, 7) is 5.60. The standard InChI is InChI=1S/C10H21NO2/c1-2-3-10(12)7-11-6-9-4-5-13-8-9/h9-12H,2-8H2,1H3. The van der Waals surface area contributed by atoms with Crippen LogP contribution in [0, 0.1) is 5.92 Å². The van der Waals surface area contributed by atoms with Gasteiger partial charge in [0.1, 0.15) is 0 Å². The average molecular weight is 187 g/mol. The molecule has 0 aromatic heterocycles. The van der Waals surface area contributed by atoms with E-state index in [1.807, 2.05) is 0 Å². The topological polar surface area (TPSA) is 41.5 Å². The van der Waals surface area contributed by atoms with Crippen molar-refractivity contribution in [1.29, 1.82) is 0 Å². The zero-order chi connectivity index (χ0) is 9.52. The number of aliphatic hydroxyl groups is 1. The number of rotatable bonds is 6. The lowest BCUT2D eigenvalue weighted by atomic mass is 10.1. The molecule has 1 aliphatic rings. The van der Waals surface area contributed by atoms with Gasteiger partial charge in [0.2, 0.25) is 0 Å². The molecule has 1 rings (SSSR count). The van der Waals surface area contributed by atoms with Crippen LogP contribution in [0.25, 0.3) is 0 Å². The monoisotopic (exact) mass is 187 g/mol. The molecule has 0 amide bonds. The largest absolute Gasteiger partial charge is 0.392 e. The molecule has 0 saturated carbocycles. The molecule has 2 atom stereocenters. The summed E-state index contributed by atoms with van der Waals surface area (Å²) < 4.78 is 5.26. The third kappa shape index (κ3) is 4.60. The van der Waals surface area contributed by atoms with Crippen LogP contribution in [0.4, 0.5) is 0 Å². The Morgan fingerprint density at radius 3 is 3.08 bits per heavy atom.